The van der Waals surface area contributed by atoms with Crippen molar-refractivity contribution < 1.29 is 14.1 Å². The van der Waals surface area contributed by atoms with Crippen LogP contribution < -0.4 is 0 Å². The highest BCUT2D eigenvalue weighted by Gasteiger charge is 2.14. The lowest BCUT2D eigenvalue weighted by atomic mass is 10.4. The highest BCUT2D eigenvalue weighted by molar-refractivity contribution is 7.80. The summed E-state index contributed by atoms with van der Waals surface area (Å²) in [5.41, 5.74) is 1.16. The number of methoxy groups -OCH3 is 1. The maximum absolute atomic E-state index is 11.8. The first-order chi connectivity index (χ1) is 7.10. The van der Waals surface area contributed by atoms with Crippen LogP contribution in [0, 0.1) is 0 Å². The maximum atomic E-state index is 11.8. The molecule has 0 aliphatic heterocycles. The van der Waals surface area contributed by atoms with Crippen molar-refractivity contribution in [3.05, 3.63) is 17.5 Å². The van der Waals surface area contributed by atoms with Gasteiger partial charge in [0.1, 0.15) is 0 Å². The molecule has 1 atom stereocenters. The van der Waals surface area contributed by atoms with Gasteiger partial charge in [-0.1, -0.05) is 0 Å². The highest BCUT2D eigenvalue weighted by atomic mass is 32.2. The maximum Gasteiger partial charge on any atom is 0.219 e. The highest BCUT2D eigenvalue weighted by Crippen LogP contribution is 2.08. The summed E-state index contributed by atoms with van der Waals surface area (Å²) in [7, 11) is 4.93. The Labute approximate surface area is 91.2 Å². The number of aliphatic hydroxyl groups is 1. The number of aliphatic hydroxyl groups excluding tert-OH is 1. The summed E-state index contributed by atoms with van der Waals surface area (Å²) < 4.78 is 19.6. The van der Waals surface area contributed by atoms with E-state index in [1.807, 2.05) is 0 Å². The number of hydrogen-bond donors (Lipinski definition) is 1. The van der Waals surface area contributed by atoms with Gasteiger partial charge >= 0.3 is 0 Å². The van der Waals surface area contributed by atoms with Crippen molar-refractivity contribution in [1.29, 1.82) is 0 Å². The topological polar surface area (TPSA) is 67.6 Å². The van der Waals surface area contributed by atoms with Gasteiger partial charge in [-0.25, -0.2) is 8.51 Å². The second-order valence-electron chi connectivity index (χ2n) is 3.13. The van der Waals surface area contributed by atoms with Crippen LogP contribution in [0.25, 0.3) is 0 Å². The Morgan fingerprint density at radius 2 is 2.33 bits per heavy atom. The van der Waals surface area contributed by atoms with E-state index in [1.165, 1.54) is 8.39 Å². The Kier molecular flexibility index (Phi) is 4.40. The number of aromatic nitrogens is 2. The first-order valence-electron chi connectivity index (χ1n) is 4.37. The molecule has 1 unspecified atom stereocenters. The molecule has 1 N–H and O–H groups in total. The zero-order valence-corrected chi connectivity index (χ0v) is 9.82. The third-order valence-corrected chi connectivity index (χ3v) is 2.95. The second kappa shape index (κ2) is 5.36. The largest absolute Gasteiger partial charge is 0.390 e. The molecule has 0 radical (unpaired) electrons. The van der Waals surface area contributed by atoms with E-state index in [2.05, 4.69) is 5.10 Å². The molecule has 1 aromatic rings. The molecule has 0 amide bonds. The van der Waals surface area contributed by atoms with E-state index >= 15 is 0 Å². The van der Waals surface area contributed by atoms with E-state index in [9.17, 15) is 4.21 Å². The van der Waals surface area contributed by atoms with E-state index in [0.717, 1.165) is 0 Å². The zero-order valence-electron chi connectivity index (χ0n) is 9.01. The van der Waals surface area contributed by atoms with Crippen LogP contribution in [0.1, 0.15) is 11.4 Å². The molecule has 0 saturated carbocycles. The average molecular weight is 233 g/mol. The van der Waals surface area contributed by atoms with Gasteiger partial charge in [-0.2, -0.15) is 9.19 Å². The first-order valence-corrected chi connectivity index (χ1v) is 5.43. The van der Waals surface area contributed by atoms with Gasteiger partial charge in [0.05, 0.1) is 24.6 Å². The molecule has 15 heavy (non-hydrogen) atoms. The monoisotopic (exact) mass is 233 g/mol. The molecule has 0 aliphatic rings. The molecular weight excluding hydrogens is 218 g/mol. The average Bonchev–Trinajstić information content (AvgIpc) is 2.60. The minimum Gasteiger partial charge on any atom is -0.390 e. The van der Waals surface area contributed by atoms with Crippen molar-refractivity contribution in [2.45, 2.75) is 13.2 Å². The summed E-state index contributed by atoms with van der Waals surface area (Å²) in [6.07, 6.45) is 0. The third-order valence-electron chi connectivity index (χ3n) is 1.71. The van der Waals surface area contributed by atoms with Crippen molar-refractivity contribution in [3.63, 3.8) is 0 Å². The van der Waals surface area contributed by atoms with Gasteiger partial charge in [0.25, 0.3) is 0 Å². The van der Waals surface area contributed by atoms with Crippen LogP contribution in [0.3, 0.4) is 0 Å². The van der Waals surface area contributed by atoms with Crippen molar-refractivity contribution >= 4 is 11.2 Å². The van der Waals surface area contributed by atoms with Crippen LogP contribution in [-0.2, 0) is 29.1 Å². The fourth-order valence-electron chi connectivity index (χ4n) is 1.07. The Bertz CT molecular complexity index is 351. The van der Waals surface area contributed by atoms with Crippen LogP contribution >= 0.6 is 0 Å². The third kappa shape index (κ3) is 2.85. The molecule has 86 valence electrons. The summed E-state index contributed by atoms with van der Waals surface area (Å²) in [6, 6.07) is 1.67. The molecule has 0 aliphatic carbocycles. The Hall–Kier alpha value is -0.760. The van der Waals surface area contributed by atoms with E-state index in [0.29, 0.717) is 18.0 Å². The second-order valence-corrected chi connectivity index (χ2v) is 4.67. The van der Waals surface area contributed by atoms with Crippen LogP contribution in [0.5, 0.6) is 0 Å². The smallest absolute Gasteiger partial charge is 0.219 e. The van der Waals surface area contributed by atoms with Crippen molar-refractivity contribution in [3.8, 4) is 0 Å². The van der Waals surface area contributed by atoms with Gasteiger partial charge in [0.2, 0.25) is 11.2 Å². The first kappa shape index (κ1) is 12.3. The van der Waals surface area contributed by atoms with E-state index < -0.39 is 11.2 Å². The molecule has 0 spiro atoms. The summed E-state index contributed by atoms with van der Waals surface area (Å²) in [5.74, 6) is 0. The van der Waals surface area contributed by atoms with Gasteiger partial charge in [0, 0.05) is 21.2 Å². The zero-order chi connectivity index (χ0) is 11.4. The fraction of sp³-hybridized carbons (Fsp3) is 0.625. The summed E-state index contributed by atoms with van der Waals surface area (Å²) in [5, 5.41) is 12.9. The molecule has 0 saturated heterocycles. The van der Waals surface area contributed by atoms with Gasteiger partial charge in [-0.3, -0.25) is 0 Å². The normalized spacial score (nSPS) is 13.4. The summed E-state index contributed by atoms with van der Waals surface area (Å²) in [4.78, 5) is 0. The van der Waals surface area contributed by atoms with Crippen molar-refractivity contribution in [1.82, 2.24) is 13.5 Å². The SMILES string of the molecule is COCc1cc(CO)nn1S(=O)N(C)C. The number of ether oxygens (including phenoxy) is 1. The summed E-state index contributed by atoms with van der Waals surface area (Å²) in [6.45, 7) is 0.140. The van der Waals surface area contributed by atoms with E-state index in [4.69, 9.17) is 9.84 Å². The van der Waals surface area contributed by atoms with Crippen molar-refractivity contribution in [2.24, 2.45) is 0 Å². The van der Waals surface area contributed by atoms with Crippen LogP contribution in [0.2, 0.25) is 0 Å². The van der Waals surface area contributed by atoms with Crippen molar-refractivity contribution in [2.75, 3.05) is 21.2 Å². The lowest BCUT2D eigenvalue weighted by molar-refractivity contribution is 0.180. The molecule has 1 rings (SSSR count). The van der Waals surface area contributed by atoms with E-state index in [1.54, 1.807) is 27.3 Å². The quantitative estimate of drug-likeness (QED) is 0.745. The molecular formula is C8H15N3O3S. The minimum atomic E-state index is -1.38. The number of nitrogens with zero attached hydrogens (tertiary/aromatic N) is 3. The Morgan fingerprint density at radius 1 is 1.67 bits per heavy atom. The lowest BCUT2D eigenvalue weighted by Gasteiger charge is -2.10. The predicted octanol–water partition coefficient (Wildman–Crippen LogP) is -0.490. The van der Waals surface area contributed by atoms with Gasteiger partial charge in [-0.15, -0.1) is 0 Å². The molecule has 1 heterocycles. The van der Waals surface area contributed by atoms with Crippen LogP contribution in [-0.4, -0.2) is 44.0 Å². The fourth-order valence-corrected chi connectivity index (χ4v) is 1.86. The molecule has 0 bridgehead atoms. The molecule has 0 aromatic carbocycles. The lowest BCUT2D eigenvalue weighted by Crippen LogP contribution is -2.24. The minimum absolute atomic E-state index is 0.172. The summed E-state index contributed by atoms with van der Waals surface area (Å²) >= 11 is -1.38. The number of hydrogen-bond acceptors (Lipinski definition) is 4. The Morgan fingerprint density at radius 3 is 2.80 bits per heavy atom. The Balaban J connectivity index is 3.03. The molecule has 7 heteroatoms. The van der Waals surface area contributed by atoms with E-state index in [-0.39, 0.29) is 6.61 Å². The number of rotatable bonds is 5. The molecule has 1 aromatic heterocycles. The van der Waals surface area contributed by atoms with Gasteiger partial charge in [0.15, 0.2) is 0 Å². The standard InChI is InChI=1S/C8H15N3O3S/c1-10(2)15(13)11-8(6-14-3)4-7(5-12)9-11/h4,12H,5-6H2,1-3H3. The predicted molar refractivity (Wildman–Crippen MR) is 56.1 cm³/mol. The van der Waals surface area contributed by atoms with Gasteiger partial charge in [-0.05, 0) is 6.07 Å². The molecule has 6 nitrogen and oxygen atoms in total. The van der Waals surface area contributed by atoms with Crippen LogP contribution in [0.4, 0.5) is 0 Å². The van der Waals surface area contributed by atoms with Gasteiger partial charge < -0.3 is 9.84 Å². The van der Waals surface area contributed by atoms with Crippen LogP contribution in [0.15, 0.2) is 6.07 Å². The molecule has 0 fully saturated rings.